The van der Waals surface area contributed by atoms with E-state index in [0.717, 1.165) is 10.5 Å². The number of hydrogen-bond donors (Lipinski definition) is 2. The second-order valence-corrected chi connectivity index (χ2v) is 15.7. The Morgan fingerprint density at radius 1 is 0.754 bits per heavy atom. The molecule has 6 atom stereocenters. The van der Waals surface area contributed by atoms with Gasteiger partial charge in [0.05, 0.1) is 11.8 Å². The van der Waals surface area contributed by atoms with Gasteiger partial charge in [-0.1, -0.05) is 60.2 Å². The molecule has 4 aliphatic rings. The second kappa shape index (κ2) is 13.9. The first kappa shape index (κ1) is 38.4. The molecule has 1 saturated carbocycles. The summed E-state index contributed by atoms with van der Waals surface area (Å²) < 4.78 is 79.8. The van der Waals surface area contributed by atoms with E-state index in [-0.39, 0.29) is 53.5 Å². The monoisotopic (exact) mass is 826 g/mol. The number of phenolic OH excluding ortho intramolecular Hbond substituents is 2. The van der Waals surface area contributed by atoms with Crippen LogP contribution in [0.1, 0.15) is 35.4 Å². The Kier molecular flexibility index (Phi) is 9.35. The smallest absolute Gasteiger partial charge is 0.258 e. The topological polar surface area (TPSA) is 124 Å². The number of carbonyl (C=O) groups excluding carboxylic acids is 4. The standard InChI is InChI=1S/C41H29Cl2F5N2O7/c42-40-17-26-23(12-13-25-28(26)37(54)49(36(25)53)15-14-19-6-8-21(51)9-7-19)29(24-11-10-22(16-27(24)52)57-18-20-4-2-1-3-5-20)41(40,43)39(56)50(38(40)55)35-33(47)31(45)30(44)32(46)34(35)48/h1-12,16,25-26,28-29,51-52H,13-15,17-18H2/t25-,26+,28-,29+,40+,41-/m0/s1. The third-order valence-electron chi connectivity index (χ3n) is 11.4. The summed E-state index contributed by atoms with van der Waals surface area (Å²) in [4.78, 5) is 52.3. The van der Waals surface area contributed by atoms with E-state index in [1.165, 1.54) is 30.3 Å². The summed E-state index contributed by atoms with van der Waals surface area (Å²) in [5, 5.41) is 21.2. The molecule has 2 N–H and O–H groups in total. The van der Waals surface area contributed by atoms with Gasteiger partial charge in [-0.2, -0.15) is 0 Å². The number of imide groups is 2. The van der Waals surface area contributed by atoms with Gasteiger partial charge in [0.15, 0.2) is 33.0 Å². The molecule has 4 aromatic carbocycles. The quantitative estimate of drug-likeness (QED) is 0.0482. The average molecular weight is 828 g/mol. The van der Waals surface area contributed by atoms with Crippen molar-refractivity contribution >= 4 is 52.5 Å². The number of anilines is 1. The number of benzene rings is 4. The summed E-state index contributed by atoms with van der Waals surface area (Å²) in [5.41, 5.74) is -0.344. The lowest BCUT2D eigenvalue weighted by Gasteiger charge is -2.50. The Morgan fingerprint density at radius 2 is 1.40 bits per heavy atom. The lowest BCUT2D eigenvalue weighted by Crippen LogP contribution is -2.60. The van der Waals surface area contributed by atoms with Gasteiger partial charge in [0.25, 0.3) is 11.8 Å². The fourth-order valence-electron chi connectivity index (χ4n) is 8.70. The zero-order valence-corrected chi connectivity index (χ0v) is 30.8. The van der Waals surface area contributed by atoms with E-state index in [0.29, 0.717) is 5.56 Å². The molecule has 0 bridgehead atoms. The molecular weight excluding hydrogens is 798 g/mol. The number of halogens is 7. The molecule has 8 rings (SSSR count). The highest BCUT2D eigenvalue weighted by Gasteiger charge is 2.77. The average Bonchev–Trinajstić information content (AvgIpc) is 3.53. The van der Waals surface area contributed by atoms with Crippen LogP contribution in [0.4, 0.5) is 27.6 Å². The molecule has 16 heteroatoms. The van der Waals surface area contributed by atoms with Crippen LogP contribution in [0, 0.1) is 46.8 Å². The van der Waals surface area contributed by atoms with Crippen molar-refractivity contribution in [2.45, 2.75) is 41.5 Å². The maximum atomic E-state index is 15.4. The van der Waals surface area contributed by atoms with Gasteiger partial charge in [-0.05, 0) is 54.5 Å². The number of carbonyl (C=O) groups is 4. The predicted molar refractivity (Wildman–Crippen MR) is 194 cm³/mol. The van der Waals surface area contributed by atoms with E-state index in [1.54, 1.807) is 42.5 Å². The highest BCUT2D eigenvalue weighted by molar-refractivity contribution is 6.58. The predicted octanol–water partition coefficient (Wildman–Crippen LogP) is 7.18. The highest BCUT2D eigenvalue weighted by Crippen LogP contribution is 2.66. The van der Waals surface area contributed by atoms with Crippen LogP contribution in [-0.2, 0) is 32.2 Å². The molecule has 294 valence electrons. The van der Waals surface area contributed by atoms with Crippen LogP contribution in [0.5, 0.6) is 17.2 Å². The van der Waals surface area contributed by atoms with Gasteiger partial charge in [0.1, 0.15) is 29.5 Å². The molecular formula is C41H29Cl2F5N2O7. The van der Waals surface area contributed by atoms with Crippen LogP contribution >= 0.6 is 23.2 Å². The first-order valence-corrected chi connectivity index (χ1v) is 18.5. The van der Waals surface area contributed by atoms with Crippen LogP contribution in [0.15, 0.2) is 84.4 Å². The van der Waals surface area contributed by atoms with E-state index >= 15 is 8.78 Å². The van der Waals surface area contributed by atoms with E-state index in [2.05, 4.69) is 0 Å². The van der Waals surface area contributed by atoms with Gasteiger partial charge < -0.3 is 14.9 Å². The number of hydrogen-bond acceptors (Lipinski definition) is 7. The molecule has 0 aromatic heterocycles. The summed E-state index contributed by atoms with van der Waals surface area (Å²) in [6.45, 7) is 0.0376. The minimum atomic E-state index is -2.80. The van der Waals surface area contributed by atoms with Crippen LogP contribution in [0.3, 0.4) is 0 Å². The number of alkyl halides is 2. The van der Waals surface area contributed by atoms with Gasteiger partial charge >= 0.3 is 0 Å². The van der Waals surface area contributed by atoms with Crippen molar-refractivity contribution in [2.24, 2.45) is 17.8 Å². The maximum absolute atomic E-state index is 15.4. The van der Waals surface area contributed by atoms with E-state index < -0.39 is 104 Å². The number of ether oxygens (including phenoxy) is 1. The molecule has 2 heterocycles. The first-order valence-electron chi connectivity index (χ1n) is 17.7. The molecule has 4 amide bonds. The molecule has 57 heavy (non-hydrogen) atoms. The van der Waals surface area contributed by atoms with Gasteiger partial charge in [-0.3, -0.25) is 24.1 Å². The fraction of sp³-hybridized carbons (Fsp3) is 0.268. The molecule has 2 saturated heterocycles. The molecule has 0 unspecified atom stereocenters. The summed E-state index contributed by atoms with van der Waals surface area (Å²) in [7, 11) is 0. The lowest BCUT2D eigenvalue weighted by molar-refractivity contribution is -0.140. The van der Waals surface area contributed by atoms with Crippen molar-refractivity contribution in [1.82, 2.24) is 4.90 Å². The van der Waals surface area contributed by atoms with Crippen molar-refractivity contribution in [2.75, 3.05) is 11.4 Å². The normalized spacial score (nSPS) is 26.7. The second-order valence-electron chi connectivity index (χ2n) is 14.4. The Balaban J connectivity index is 1.23. The number of nitrogens with zero attached hydrogens (tertiary/aromatic N) is 2. The number of rotatable bonds is 8. The van der Waals surface area contributed by atoms with E-state index in [1.807, 2.05) is 6.07 Å². The van der Waals surface area contributed by atoms with Crippen molar-refractivity contribution < 1.29 is 56.1 Å². The van der Waals surface area contributed by atoms with Gasteiger partial charge in [-0.15, -0.1) is 23.2 Å². The molecule has 0 radical (unpaired) electrons. The minimum absolute atomic E-state index is 0.0213. The van der Waals surface area contributed by atoms with Gasteiger partial charge in [0.2, 0.25) is 17.6 Å². The summed E-state index contributed by atoms with van der Waals surface area (Å²) in [6, 6.07) is 19.1. The zero-order valence-electron chi connectivity index (χ0n) is 29.3. The van der Waals surface area contributed by atoms with E-state index in [9.17, 15) is 42.6 Å². The maximum Gasteiger partial charge on any atom is 0.258 e. The fourth-order valence-corrected chi connectivity index (χ4v) is 9.63. The molecule has 9 nitrogen and oxygen atoms in total. The van der Waals surface area contributed by atoms with Crippen molar-refractivity contribution in [1.29, 1.82) is 0 Å². The first-order chi connectivity index (χ1) is 27.1. The Hall–Kier alpha value is -5.47. The molecule has 2 aliphatic carbocycles. The third-order valence-corrected chi connectivity index (χ3v) is 12.8. The summed E-state index contributed by atoms with van der Waals surface area (Å²) in [6.07, 6.45) is 1.04. The Labute approximate surface area is 330 Å². The van der Waals surface area contributed by atoms with Crippen LogP contribution in [0.2, 0.25) is 0 Å². The highest BCUT2D eigenvalue weighted by atomic mass is 35.5. The summed E-state index contributed by atoms with van der Waals surface area (Å²) >= 11 is 14.4. The number of amides is 4. The number of aromatic hydroxyl groups is 2. The van der Waals surface area contributed by atoms with Gasteiger partial charge in [0, 0.05) is 24.1 Å². The SMILES string of the molecule is O=C1[C@H]2[C@H](CC=C3[C@H]2C[C@@]2(Cl)C(=O)N(c4c(F)c(F)c(F)c(F)c4F)C(=O)[C@@]2(Cl)[C@H]3c2ccc(OCc3ccccc3)cc2O)C(=O)N1CCc1ccc(O)cc1. The Morgan fingerprint density at radius 3 is 2.05 bits per heavy atom. The van der Waals surface area contributed by atoms with E-state index in [4.69, 9.17) is 27.9 Å². The number of likely N-dealkylation sites (tertiary alicyclic amines) is 1. The van der Waals surface area contributed by atoms with Crippen LogP contribution in [-0.4, -0.2) is 55.0 Å². The van der Waals surface area contributed by atoms with Crippen LogP contribution < -0.4 is 9.64 Å². The number of phenols is 2. The minimum Gasteiger partial charge on any atom is -0.508 e. The molecule has 2 aliphatic heterocycles. The summed E-state index contributed by atoms with van der Waals surface area (Å²) in [5.74, 6) is -22.1. The molecule has 4 aromatic rings. The van der Waals surface area contributed by atoms with Crippen molar-refractivity contribution in [3.63, 3.8) is 0 Å². The van der Waals surface area contributed by atoms with Gasteiger partial charge in [-0.25, -0.2) is 26.9 Å². The Bertz CT molecular complexity index is 2390. The largest absolute Gasteiger partial charge is 0.508 e. The third kappa shape index (κ3) is 5.70. The molecule has 3 fully saturated rings. The lowest BCUT2D eigenvalue weighted by atomic mass is 9.56. The van der Waals surface area contributed by atoms with Crippen molar-refractivity contribution in [3.05, 3.63) is 130 Å². The number of fused-ring (bicyclic) bond motifs is 4. The number of allylic oxidation sites excluding steroid dienone is 2. The van der Waals surface area contributed by atoms with Crippen LogP contribution in [0.25, 0.3) is 0 Å². The molecule has 0 spiro atoms. The zero-order chi connectivity index (χ0) is 40.7. The van der Waals surface area contributed by atoms with Crippen molar-refractivity contribution in [3.8, 4) is 17.2 Å².